The molecule has 0 heterocycles. The van der Waals surface area contributed by atoms with Crippen molar-refractivity contribution in [2.24, 2.45) is 0 Å². The van der Waals surface area contributed by atoms with Gasteiger partial charge < -0.3 is 14.2 Å². The molecule has 116 valence electrons. The molecule has 0 N–H and O–H groups in total. The second kappa shape index (κ2) is 9.00. The lowest BCUT2D eigenvalue weighted by Crippen LogP contribution is -2.11. The van der Waals surface area contributed by atoms with Gasteiger partial charge in [-0.1, -0.05) is 0 Å². The largest absolute Gasteiger partial charge is 0.494 e. The summed E-state index contributed by atoms with van der Waals surface area (Å²) in [4.78, 5) is 23.4. The molecule has 1 aromatic carbocycles. The molecule has 0 atom stereocenters. The molecule has 0 fully saturated rings. The van der Waals surface area contributed by atoms with Gasteiger partial charge in [-0.05, 0) is 51.0 Å². The van der Waals surface area contributed by atoms with Gasteiger partial charge in [0.05, 0.1) is 25.4 Å². The first-order valence-electron chi connectivity index (χ1n) is 7.20. The number of carbonyl (C=O) groups is 2. The number of esters is 2. The Bertz CT molecular complexity index is 482. The number of ether oxygens (including phenoxy) is 3. The van der Waals surface area contributed by atoms with E-state index in [4.69, 9.17) is 14.2 Å². The number of hydrogen-bond donors (Lipinski definition) is 0. The molecule has 0 spiro atoms. The van der Waals surface area contributed by atoms with E-state index in [2.05, 4.69) is 0 Å². The Balaban J connectivity index is 2.91. The van der Waals surface area contributed by atoms with Crippen LogP contribution >= 0.6 is 0 Å². The number of benzene rings is 1. The van der Waals surface area contributed by atoms with Crippen molar-refractivity contribution in [3.05, 3.63) is 29.3 Å². The molecule has 0 saturated carbocycles. The maximum atomic E-state index is 11.9. The first-order chi connectivity index (χ1) is 10.1. The maximum absolute atomic E-state index is 11.9. The summed E-state index contributed by atoms with van der Waals surface area (Å²) in [6.07, 6.45) is 0.629. The van der Waals surface area contributed by atoms with Crippen molar-refractivity contribution >= 4 is 11.9 Å². The van der Waals surface area contributed by atoms with E-state index in [0.717, 1.165) is 5.56 Å². The molecule has 0 bridgehead atoms. The van der Waals surface area contributed by atoms with Gasteiger partial charge in [-0.15, -0.1) is 0 Å². The van der Waals surface area contributed by atoms with Crippen molar-refractivity contribution < 1.29 is 23.8 Å². The van der Waals surface area contributed by atoms with Crippen molar-refractivity contribution in [3.8, 4) is 5.75 Å². The standard InChI is InChI=1S/C16H22O5/c1-4-19-13-8-9-14(16(18)21-6-3)12(11-13)7-10-15(17)20-5-2/h8-9,11H,4-7,10H2,1-3H3. The van der Waals surface area contributed by atoms with Crippen LogP contribution in [0.5, 0.6) is 5.75 Å². The van der Waals surface area contributed by atoms with E-state index < -0.39 is 0 Å². The highest BCUT2D eigenvalue weighted by Crippen LogP contribution is 2.20. The van der Waals surface area contributed by atoms with Crippen molar-refractivity contribution in [2.75, 3.05) is 19.8 Å². The number of hydrogen-bond acceptors (Lipinski definition) is 5. The lowest BCUT2D eigenvalue weighted by atomic mass is 10.0. The number of carbonyl (C=O) groups excluding carboxylic acids is 2. The Morgan fingerprint density at radius 3 is 2.33 bits per heavy atom. The third kappa shape index (κ3) is 5.45. The van der Waals surface area contributed by atoms with E-state index in [9.17, 15) is 9.59 Å². The van der Waals surface area contributed by atoms with Gasteiger partial charge in [-0.25, -0.2) is 4.79 Å². The molecule has 1 aromatic rings. The van der Waals surface area contributed by atoms with Gasteiger partial charge in [0.15, 0.2) is 0 Å². The molecule has 0 saturated heterocycles. The lowest BCUT2D eigenvalue weighted by molar-refractivity contribution is -0.143. The van der Waals surface area contributed by atoms with E-state index in [0.29, 0.717) is 37.6 Å². The van der Waals surface area contributed by atoms with Crippen LogP contribution in [0.3, 0.4) is 0 Å². The molecule has 5 heteroatoms. The molecule has 0 amide bonds. The van der Waals surface area contributed by atoms with Crippen molar-refractivity contribution in [2.45, 2.75) is 33.6 Å². The van der Waals surface area contributed by atoms with Gasteiger partial charge in [0.1, 0.15) is 5.75 Å². The van der Waals surface area contributed by atoms with E-state index in [1.807, 2.05) is 6.92 Å². The Hall–Kier alpha value is -2.04. The summed E-state index contributed by atoms with van der Waals surface area (Å²) in [6, 6.07) is 5.17. The predicted molar refractivity (Wildman–Crippen MR) is 78.5 cm³/mol. The summed E-state index contributed by atoms with van der Waals surface area (Å²) >= 11 is 0. The Morgan fingerprint density at radius 1 is 1.00 bits per heavy atom. The van der Waals surface area contributed by atoms with Gasteiger partial charge in [0.25, 0.3) is 0 Å². The van der Waals surface area contributed by atoms with Crippen LogP contribution in [-0.4, -0.2) is 31.8 Å². The van der Waals surface area contributed by atoms with Gasteiger partial charge in [0.2, 0.25) is 0 Å². The van der Waals surface area contributed by atoms with Crippen LogP contribution in [0.4, 0.5) is 0 Å². The maximum Gasteiger partial charge on any atom is 0.338 e. The summed E-state index contributed by atoms with van der Waals surface area (Å²) in [7, 11) is 0. The highest BCUT2D eigenvalue weighted by atomic mass is 16.5. The van der Waals surface area contributed by atoms with E-state index >= 15 is 0 Å². The van der Waals surface area contributed by atoms with E-state index in [1.165, 1.54) is 0 Å². The third-order valence-electron chi connectivity index (χ3n) is 2.79. The Morgan fingerprint density at radius 2 is 1.71 bits per heavy atom. The Labute approximate surface area is 125 Å². The fraction of sp³-hybridized carbons (Fsp3) is 0.500. The van der Waals surface area contributed by atoms with Crippen LogP contribution in [0, 0.1) is 0 Å². The minimum atomic E-state index is -0.389. The van der Waals surface area contributed by atoms with Gasteiger partial charge in [0, 0.05) is 6.42 Å². The topological polar surface area (TPSA) is 61.8 Å². The first kappa shape index (κ1) is 17.0. The van der Waals surface area contributed by atoms with Crippen LogP contribution < -0.4 is 4.74 Å². The fourth-order valence-corrected chi connectivity index (χ4v) is 1.91. The molecular weight excluding hydrogens is 272 g/mol. The SMILES string of the molecule is CCOC(=O)CCc1cc(OCC)ccc1C(=O)OCC. The monoisotopic (exact) mass is 294 g/mol. The smallest absolute Gasteiger partial charge is 0.338 e. The molecule has 5 nitrogen and oxygen atoms in total. The second-order valence-electron chi connectivity index (χ2n) is 4.28. The van der Waals surface area contributed by atoms with Crippen LogP contribution in [-0.2, 0) is 20.7 Å². The first-order valence-corrected chi connectivity index (χ1v) is 7.20. The molecule has 0 aliphatic heterocycles. The van der Waals surface area contributed by atoms with Crippen LogP contribution in [0.1, 0.15) is 43.1 Å². The zero-order chi connectivity index (χ0) is 15.7. The van der Waals surface area contributed by atoms with Gasteiger partial charge >= 0.3 is 11.9 Å². The highest BCUT2D eigenvalue weighted by molar-refractivity contribution is 5.91. The fourth-order valence-electron chi connectivity index (χ4n) is 1.91. The quantitative estimate of drug-likeness (QED) is 0.690. The molecule has 0 radical (unpaired) electrons. The van der Waals surface area contributed by atoms with Crippen LogP contribution in [0.25, 0.3) is 0 Å². The normalized spacial score (nSPS) is 10.0. The van der Waals surface area contributed by atoms with Gasteiger partial charge in [-0.2, -0.15) is 0 Å². The summed E-state index contributed by atoms with van der Waals surface area (Å²) in [6.45, 7) is 6.60. The Kier molecular flexibility index (Phi) is 7.29. The van der Waals surface area contributed by atoms with E-state index in [-0.39, 0.29) is 18.4 Å². The average Bonchev–Trinajstić information content (AvgIpc) is 2.46. The molecule has 0 aromatic heterocycles. The summed E-state index contributed by atoms with van der Waals surface area (Å²) in [5.74, 6) is -0.00191. The van der Waals surface area contributed by atoms with Crippen LogP contribution in [0.15, 0.2) is 18.2 Å². The summed E-state index contributed by atoms with van der Waals surface area (Å²) < 4.78 is 15.4. The number of aryl methyl sites for hydroxylation is 1. The second-order valence-corrected chi connectivity index (χ2v) is 4.28. The summed E-state index contributed by atoms with van der Waals surface area (Å²) in [5, 5.41) is 0. The van der Waals surface area contributed by atoms with Crippen molar-refractivity contribution in [1.82, 2.24) is 0 Å². The molecule has 21 heavy (non-hydrogen) atoms. The zero-order valence-electron chi connectivity index (χ0n) is 12.8. The average molecular weight is 294 g/mol. The lowest BCUT2D eigenvalue weighted by Gasteiger charge is -2.11. The van der Waals surface area contributed by atoms with Crippen LogP contribution in [0.2, 0.25) is 0 Å². The molecule has 0 aliphatic carbocycles. The highest BCUT2D eigenvalue weighted by Gasteiger charge is 2.15. The molecular formula is C16H22O5. The minimum Gasteiger partial charge on any atom is -0.494 e. The zero-order valence-corrected chi connectivity index (χ0v) is 12.8. The summed E-state index contributed by atoms with van der Waals surface area (Å²) in [5.41, 5.74) is 1.19. The minimum absolute atomic E-state index is 0.218. The van der Waals surface area contributed by atoms with Crippen molar-refractivity contribution in [1.29, 1.82) is 0 Å². The molecule has 0 aliphatic rings. The molecule has 0 unspecified atom stereocenters. The number of rotatable bonds is 8. The van der Waals surface area contributed by atoms with E-state index in [1.54, 1.807) is 32.0 Å². The molecule has 1 rings (SSSR count). The van der Waals surface area contributed by atoms with Gasteiger partial charge in [-0.3, -0.25) is 4.79 Å². The van der Waals surface area contributed by atoms with Crippen molar-refractivity contribution in [3.63, 3.8) is 0 Å². The predicted octanol–water partition coefficient (Wildman–Crippen LogP) is 2.76. The third-order valence-corrected chi connectivity index (χ3v) is 2.79.